The fourth-order valence-electron chi connectivity index (χ4n) is 4.43. The van der Waals surface area contributed by atoms with Gasteiger partial charge in [-0.2, -0.15) is 5.10 Å². The second-order valence-electron chi connectivity index (χ2n) is 9.45. The van der Waals surface area contributed by atoms with Crippen LogP contribution in [0.4, 0.5) is 0 Å². The van der Waals surface area contributed by atoms with Gasteiger partial charge in [0.15, 0.2) is 11.4 Å². The minimum Gasteiger partial charge on any atom is -0.392 e. The second-order valence-corrected chi connectivity index (χ2v) is 12.7. The molecule has 0 aliphatic carbocycles. The van der Waals surface area contributed by atoms with Gasteiger partial charge in [-0.25, -0.2) is 4.98 Å². The number of amides is 1. The molecule has 0 unspecified atom stereocenters. The number of hydrogen-bond donors (Lipinski definition) is 3. The number of thioether (sulfide) groups is 1. The fourth-order valence-corrected chi connectivity index (χ4v) is 5.43. The Hall–Kier alpha value is -2.63. The van der Waals surface area contributed by atoms with E-state index in [0.717, 1.165) is 38.5 Å². The number of halogens is 3. The van der Waals surface area contributed by atoms with Gasteiger partial charge in [0.05, 0.1) is 18.8 Å². The van der Waals surface area contributed by atoms with Gasteiger partial charge in [-0.15, -0.1) is 0 Å². The molecule has 3 atom stereocenters. The van der Waals surface area contributed by atoms with Gasteiger partial charge in [0, 0.05) is 24.3 Å². The molecule has 0 spiro atoms. The van der Waals surface area contributed by atoms with Gasteiger partial charge in [-0.1, -0.05) is 113 Å². The number of carbonyl (C=O) groups is 1. The molecule has 12 heteroatoms. The number of alkyl halides is 3. The number of nitrogens with zero attached hydrogens (tertiary/aromatic N) is 2. The van der Waals surface area contributed by atoms with Gasteiger partial charge in [0.1, 0.15) is 6.33 Å². The van der Waals surface area contributed by atoms with Crippen LogP contribution >= 0.6 is 46.6 Å². The summed E-state index contributed by atoms with van der Waals surface area (Å²) in [5.41, 5.74) is 5.61. The molecule has 1 aliphatic rings. The van der Waals surface area contributed by atoms with Gasteiger partial charge in [-0.3, -0.25) is 9.89 Å². The molecule has 3 N–H and O–H groups in total. The summed E-state index contributed by atoms with van der Waals surface area (Å²) in [5.74, 6) is 0.00452. The summed E-state index contributed by atoms with van der Waals surface area (Å²) in [6.07, 6.45) is 1.32. The van der Waals surface area contributed by atoms with E-state index in [1.807, 2.05) is 72.8 Å². The van der Waals surface area contributed by atoms with Crippen molar-refractivity contribution in [3.63, 3.8) is 0 Å². The van der Waals surface area contributed by atoms with Crippen molar-refractivity contribution >= 4 is 52.5 Å². The van der Waals surface area contributed by atoms with Crippen LogP contribution in [0.1, 0.15) is 41.1 Å². The van der Waals surface area contributed by atoms with Crippen molar-refractivity contribution in [3.8, 4) is 11.1 Å². The normalized spacial score (nSPS) is 19.2. The molecule has 1 aliphatic heterocycles. The van der Waals surface area contributed by atoms with Crippen LogP contribution in [-0.4, -0.2) is 41.8 Å². The lowest BCUT2D eigenvalue weighted by Crippen LogP contribution is -2.33. The minimum absolute atomic E-state index is 0.00711. The van der Waals surface area contributed by atoms with Crippen molar-refractivity contribution in [2.24, 2.45) is 0 Å². The molecule has 0 bridgehead atoms. The third-order valence-electron chi connectivity index (χ3n) is 6.57. The van der Waals surface area contributed by atoms with Crippen LogP contribution in [0.2, 0.25) is 0 Å². The number of aliphatic hydroxyl groups is 1. The Kier molecular flexibility index (Phi) is 9.87. The maximum absolute atomic E-state index is 11.9. The predicted octanol–water partition coefficient (Wildman–Crippen LogP) is 6.29. The van der Waals surface area contributed by atoms with E-state index in [-0.39, 0.29) is 25.4 Å². The molecule has 1 aromatic heterocycles. The highest BCUT2D eigenvalue weighted by atomic mass is 35.6. The number of carbonyl (C=O) groups excluding carboxylic acids is 1. The molecule has 5 rings (SSSR count). The van der Waals surface area contributed by atoms with Crippen molar-refractivity contribution in [1.29, 1.82) is 0 Å². The Labute approximate surface area is 256 Å². The van der Waals surface area contributed by atoms with Crippen LogP contribution in [0.3, 0.4) is 0 Å². The van der Waals surface area contributed by atoms with Crippen LogP contribution in [0.15, 0.2) is 84.3 Å². The largest absolute Gasteiger partial charge is 0.392 e. The Morgan fingerprint density at radius 3 is 2.44 bits per heavy atom. The molecule has 41 heavy (non-hydrogen) atoms. The number of nitrogens with one attached hydrogen (secondary N) is 2. The van der Waals surface area contributed by atoms with Crippen molar-refractivity contribution in [3.05, 3.63) is 101 Å². The lowest BCUT2D eigenvalue weighted by Gasteiger charge is -2.36. The van der Waals surface area contributed by atoms with Crippen LogP contribution in [-0.2, 0) is 27.4 Å². The highest BCUT2D eigenvalue weighted by molar-refractivity contribution is 7.99. The lowest BCUT2D eigenvalue weighted by atomic mass is 9.99. The van der Waals surface area contributed by atoms with Gasteiger partial charge in [0.2, 0.25) is 0 Å². The predicted molar refractivity (Wildman–Crippen MR) is 160 cm³/mol. The molecule has 4 aromatic rings. The molecule has 1 saturated heterocycles. The minimum atomic E-state index is -2.01. The van der Waals surface area contributed by atoms with Crippen molar-refractivity contribution < 1.29 is 19.4 Å². The fraction of sp³-hybridized carbons (Fsp3) is 0.276. The zero-order valence-corrected chi connectivity index (χ0v) is 24.8. The smallest absolute Gasteiger partial charge is 0.272 e. The number of aromatic nitrogens is 3. The molecule has 2 heterocycles. The van der Waals surface area contributed by atoms with Crippen molar-refractivity contribution in [2.75, 3.05) is 5.75 Å². The van der Waals surface area contributed by atoms with Gasteiger partial charge >= 0.3 is 0 Å². The Balaban J connectivity index is 1.30. The van der Waals surface area contributed by atoms with Crippen LogP contribution < -0.4 is 5.32 Å². The van der Waals surface area contributed by atoms with E-state index in [0.29, 0.717) is 12.2 Å². The Morgan fingerprint density at radius 1 is 1.00 bits per heavy atom. The summed E-state index contributed by atoms with van der Waals surface area (Å²) in [7, 11) is 0. The number of benzene rings is 3. The molecule has 1 amide bonds. The summed E-state index contributed by atoms with van der Waals surface area (Å²) < 4.78 is 10.8. The average molecular weight is 634 g/mol. The quantitative estimate of drug-likeness (QED) is 0.147. The highest BCUT2D eigenvalue weighted by Gasteiger charge is 2.32. The second kappa shape index (κ2) is 13.6. The van der Waals surface area contributed by atoms with E-state index < -0.39 is 16.0 Å². The molecule has 8 nitrogen and oxygen atoms in total. The molecule has 214 valence electrons. The van der Waals surface area contributed by atoms with Gasteiger partial charge < -0.3 is 19.9 Å². The van der Waals surface area contributed by atoms with E-state index in [2.05, 4.69) is 20.5 Å². The van der Waals surface area contributed by atoms with Crippen LogP contribution in [0.25, 0.3) is 11.1 Å². The molecule has 1 fully saturated rings. The number of hydrogen-bond acceptors (Lipinski definition) is 7. The molecule has 0 radical (unpaired) electrons. The summed E-state index contributed by atoms with van der Waals surface area (Å²) in [4.78, 5) is 16.1. The van der Waals surface area contributed by atoms with E-state index >= 15 is 0 Å². The first-order valence-electron chi connectivity index (χ1n) is 12.8. The molecular formula is C29H27Cl3N4O4S. The molecule has 3 aromatic carbocycles. The van der Waals surface area contributed by atoms with Gasteiger partial charge in [0.25, 0.3) is 9.70 Å². The summed E-state index contributed by atoms with van der Waals surface area (Å²) >= 11 is 18.5. The summed E-state index contributed by atoms with van der Waals surface area (Å²) in [6, 6.07) is 23.6. The van der Waals surface area contributed by atoms with Crippen molar-refractivity contribution in [1.82, 2.24) is 20.5 Å². The van der Waals surface area contributed by atoms with E-state index in [1.165, 1.54) is 6.33 Å². The summed E-state index contributed by atoms with van der Waals surface area (Å²) in [6.45, 7) is 0.226. The molecular weight excluding hydrogens is 607 g/mol. The van der Waals surface area contributed by atoms with E-state index in [4.69, 9.17) is 44.3 Å². The standard InChI is InChI=1S/C29H27Cl3N4O4S/c30-29(31,32)27(38)33-14-19-2-1-3-23(12-19)20-8-10-22(11-9-20)26-39-24(16-41-28-34-17-35-36-28)13-25(40-26)21-6-4-18(15-37)5-7-21/h1-12,17,24-26,37H,13-16H2,(H,33,38)(H,34,35,36)/t24-,25+,26+/m0/s1. The number of aliphatic hydroxyl groups excluding tert-OH is 1. The number of H-pyrrole nitrogens is 1. The Bertz CT molecular complexity index is 1430. The monoisotopic (exact) mass is 632 g/mol. The highest BCUT2D eigenvalue weighted by Crippen LogP contribution is 2.39. The molecule has 0 saturated carbocycles. The first kappa shape index (κ1) is 29.8. The number of ether oxygens (including phenoxy) is 2. The number of aromatic amines is 1. The maximum Gasteiger partial charge on any atom is 0.272 e. The van der Waals surface area contributed by atoms with E-state index in [1.54, 1.807) is 11.8 Å². The third kappa shape index (κ3) is 8.02. The first-order valence-corrected chi connectivity index (χ1v) is 14.9. The topological polar surface area (TPSA) is 109 Å². The lowest BCUT2D eigenvalue weighted by molar-refractivity contribution is -0.245. The maximum atomic E-state index is 11.9. The Morgan fingerprint density at radius 2 is 1.76 bits per heavy atom. The first-order chi connectivity index (χ1) is 19.8. The SMILES string of the molecule is O=C(NCc1cccc(-c2ccc([C@@H]3O[C@H](CSc4ncn[nH]4)C[C@H](c4ccc(CO)cc4)O3)cc2)c1)C(Cl)(Cl)Cl. The third-order valence-corrected chi connectivity index (χ3v) is 8.09. The van der Waals surface area contributed by atoms with Crippen LogP contribution in [0.5, 0.6) is 0 Å². The number of rotatable bonds is 9. The van der Waals surface area contributed by atoms with Crippen LogP contribution in [0, 0.1) is 0 Å². The zero-order chi connectivity index (χ0) is 28.8. The average Bonchev–Trinajstić information content (AvgIpc) is 3.52. The summed E-state index contributed by atoms with van der Waals surface area (Å²) in [5, 5.41) is 19.6. The van der Waals surface area contributed by atoms with Crippen molar-refractivity contribution in [2.45, 2.75) is 47.0 Å². The van der Waals surface area contributed by atoms with E-state index in [9.17, 15) is 9.90 Å². The zero-order valence-electron chi connectivity index (χ0n) is 21.7. The van der Waals surface area contributed by atoms with Gasteiger partial charge in [-0.05, 0) is 33.9 Å².